The second kappa shape index (κ2) is 5.86. The maximum atomic E-state index is 12.6. The van der Waals surface area contributed by atoms with Crippen molar-refractivity contribution in [2.45, 2.75) is 18.9 Å². The number of nitrogens with zero attached hydrogens (tertiary/aromatic N) is 2. The Bertz CT molecular complexity index is 642. The van der Waals surface area contributed by atoms with Crippen LogP contribution in [-0.4, -0.2) is 48.9 Å². The molecule has 1 heterocycles. The van der Waals surface area contributed by atoms with Gasteiger partial charge in [-0.3, -0.25) is 4.79 Å². The Labute approximate surface area is 126 Å². The summed E-state index contributed by atoms with van der Waals surface area (Å²) in [5, 5.41) is 2.31. The van der Waals surface area contributed by atoms with E-state index in [0.29, 0.717) is 6.04 Å². The van der Waals surface area contributed by atoms with Crippen molar-refractivity contribution in [2.75, 3.05) is 27.2 Å². The summed E-state index contributed by atoms with van der Waals surface area (Å²) in [4.78, 5) is 16.9. The van der Waals surface area contributed by atoms with Crippen molar-refractivity contribution >= 4 is 16.7 Å². The fraction of sp³-hybridized carbons (Fsp3) is 0.389. The van der Waals surface area contributed by atoms with Gasteiger partial charge in [0.15, 0.2) is 0 Å². The predicted molar refractivity (Wildman–Crippen MR) is 86.6 cm³/mol. The number of hydrogen-bond donors (Lipinski definition) is 0. The standard InChI is InChI=1S/C18H22N2O/c1-19(2)17-9-11-20(12-10-17)18(21)16-8-7-14-5-3-4-6-15(14)13-16/h3-8,13,17H,9-12H2,1-2H3. The third-order valence-electron chi connectivity index (χ3n) is 4.48. The monoisotopic (exact) mass is 282 g/mol. The molecule has 0 unspecified atom stereocenters. The van der Waals surface area contributed by atoms with Crippen LogP contribution in [-0.2, 0) is 0 Å². The minimum absolute atomic E-state index is 0.165. The Kier molecular flexibility index (Phi) is 3.93. The van der Waals surface area contributed by atoms with E-state index >= 15 is 0 Å². The number of carbonyl (C=O) groups excluding carboxylic acids is 1. The molecular weight excluding hydrogens is 260 g/mol. The number of hydrogen-bond acceptors (Lipinski definition) is 2. The maximum Gasteiger partial charge on any atom is 0.253 e. The van der Waals surface area contributed by atoms with Gasteiger partial charge in [-0.25, -0.2) is 0 Å². The minimum atomic E-state index is 0.165. The van der Waals surface area contributed by atoms with Gasteiger partial charge in [-0.05, 0) is 49.8 Å². The topological polar surface area (TPSA) is 23.6 Å². The molecule has 0 aliphatic carbocycles. The average molecular weight is 282 g/mol. The molecule has 2 aromatic carbocycles. The molecule has 0 saturated carbocycles. The van der Waals surface area contributed by atoms with Crippen molar-refractivity contribution in [3.05, 3.63) is 48.0 Å². The highest BCUT2D eigenvalue weighted by molar-refractivity contribution is 5.98. The first-order valence-corrected chi connectivity index (χ1v) is 7.59. The largest absolute Gasteiger partial charge is 0.339 e. The molecule has 0 spiro atoms. The quantitative estimate of drug-likeness (QED) is 0.845. The van der Waals surface area contributed by atoms with Crippen LogP contribution in [0.4, 0.5) is 0 Å². The van der Waals surface area contributed by atoms with Gasteiger partial charge in [0.05, 0.1) is 0 Å². The van der Waals surface area contributed by atoms with Crippen molar-refractivity contribution in [1.29, 1.82) is 0 Å². The van der Waals surface area contributed by atoms with Gasteiger partial charge in [0.2, 0.25) is 0 Å². The molecule has 2 aromatic rings. The van der Waals surface area contributed by atoms with Crippen LogP contribution in [0.2, 0.25) is 0 Å². The molecule has 0 radical (unpaired) electrons. The van der Waals surface area contributed by atoms with Gasteiger partial charge in [-0.2, -0.15) is 0 Å². The maximum absolute atomic E-state index is 12.6. The fourth-order valence-corrected chi connectivity index (χ4v) is 3.09. The minimum Gasteiger partial charge on any atom is -0.339 e. The lowest BCUT2D eigenvalue weighted by Gasteiger charge is -2.35. The molecule has 0 bridgehead atoms. The first-order chi connectivity index (χ1) is 10.1. The summed E-state index contributed by atoms with van der Waals surface area (Å²) in [5.74, 6) is 0.165. The number of carbonyl (C=O) groups is 1. The van der Waals surface area contributed by atoms with Gasteiger partial charge in [0.25, 0.3) is 5.91 Å². The number of piperidine rings is 1. The van der Waals surface area contributed by atoms with Crippen LogP contribution in [0.5, 0.6) is 0 Å². The smallest absolute Gasteiger partial charge is 0.253 e. The van der Waals surface area contributed by atoms with E-state index in [1.165, 1.54) is 5.39 Å². The number of fused-ring (bicyclic) bond motifs is 1. The van der Waals surface area contributed by atoms with E-state index < -0.39 is 0 Å². The first-order valence-electron chi connectivity index (χ1n) is 7.59. The molecule has 0 aromatic heterocycles. The van der Waals surface area contributed by atoms with Gasteiger partial charge in [0.1, 0.15) is 0 Å². The van der Waals surface area contributed by atoms with E-state index in [9.17, 15) is 4.79 Å². The van der Waals surface area contributed by atoms with Crippen LogP contribution in [0.1, 0.15) is 23.2 Å². The number of rotatable bonds is 2. The summed E-state index contributed by atoms with van der Waals surface area (Å²) < 4.78 is 0. The number of likely N-dealkylation sites (tertiary alicyclic amines) is 1. The summed E-state index contributed by atoms with van der Waals surface area (Å²) in [6.45, 7) is 1.71. The van der Waals surface area contributed by atoms with Crippen LogP contribution in [0.3, 0.4) is 0 Å². The van der Waals surface area contributed by atoms with Gasteiger partial charge >= 0.3 is 0 Å². The first kappa shape index (κ1) is 14.1. The van der Waals surface area contributed by atoms with Crippen molar-refractivity contribution in [3.8, 4) is 0 Å². The average Bonchev–Trinajstić information content (AvgIpc) is 2.54. The summed E-state index contributed by atoms with van der Waals surface area (Å²) in [7, 11) is 4.23. The molecule has 21 heavy (non-hydrogen) atoms. The molecule has 1 fully saturated rings. The second-order valence-electron chi connectivity index (χ2n) is 6.05. The highest BCUT2D eigenvalue weighted by Gasteiger charge is 2.24. The van der Waals surface area contributed by atoms with Crippen LogP contribution in [0, 0.1) is 0 Å². The Balaban J connectivity index is 1.75. The molecule has 1 aliphatic rings. The molecular formula is C18H22N2O. The lowest BCUT2D eigenvalue weighted by Crippen LogP contribution is -2.44. The van der Waals surface area contributed by atoms with Crippen LogP contribution < -0.4 is 0 Å². The number of amides is 1. The van der Waals surface area contributed by atoms with Crippen molar-refractivity contribution in [1.82, 2.24) is 9.80 Å². The zero-order valence-electron chi connectivity index (χ0n) is 12.7. The van der Waals surface area contributed by atoms with Crippen molar-refractivity contribution in [3.63, 3.8) is 0 Å². The Morgan fingerprint density at radius 2 is 1.71 bits per heavy atom. The van der Waals surface area contributed by atoms with Crippen LogP contribution in [0.15, 0.2) is 42.5 Å². The fourth-order valence-electron chi connectivity index (χ4n) is 3.09. The van der Waals surface area contributed by atoms with Gasteiger partial charge in [-0.15, -0.1) is 0 Å². The number of benzene rings is 2. The van der Waals surface area contributed by atoms with E-state index in [2.05, 4.69) is 31.1 Å². The summed E-state index contributed by atoms with van der Waals surface area (Å²) in [6, 6.07) is 14.8. The molecule has 110 valence electrons. The summed E-state index contributed by atoms with van der Waals surface area (Å²) in [5.41, 5.74) is 0.803. The summed E-state index contributed by atoms with van der Waals surface area (Å²) in [6.07, 6.45) is 2.12. The van der Waals surface area contributed by atoms with Crippen molar-refractivity contribution in [2.24, 2.45) is 0 Å². The normalized spacial score (nSPS) is 16.6. The van der Waals surface area contributed by atoms with E-state index in [-0.39, 0.29) is 5.91 Å². The molecule has 0 atom stereocenters. The van der Waals surface area contributed by atoms with E-state index in [1.54, 1.807) is 0 Å². The predicted octanol–water partition coefficient (Wildman–Crippen LogP) is 3.01. The summed E-state index contributed by atoms with van der Waals surface area (Å²) >= 11 is 0. The van der Waals surface area contributed by atoms with Crippen molar-refractivity contribution < 1.29 is 4.79 Å². The lowest BCUT2D eigenvalue weighted by molar-refractivity contribution is 0.0663. The third kappa shape index (κ3) is 2.93. The van der Waals surface area contributed by atoms with Gasteiger partial charge in [0, 0.05) is 24.7 Å². The molecule has 1 aliphatic heterocycles. The van der Waals surface area contributed by atoms with E-state index in [0.717, 1.165) is 36.9 Å². The highest BCUT2D eigenvalue weighted by Crippen LogP contribution is 2.20. The zero-order chi connectivity index (χ0) is 14.8. The Hall–Kier alpha value is -1.87. The Morgan fingerprint density at radius 3 is 2.38 bits per heavy atom. The highest BCUT2D eigenvalue weighted by atomic mass is 16.2. The van der Waals surface area contributed by atoms with Crippen LogP contribution >= 0.6 is 0 Å². The molecule has 0 N–H and O–H groups in total. The zero-order valence-corrected chi connectivity index (χ0v) is 12.7. The lowest BCUT2D eigenvalue weighted by atomic mass is 10.0. The second-order valence-corrected chi connectivity index (χ2v) is 6.05. The van der Waals surface area contributed by atoms with Crippen LogP contribution in [0.25, 0.3) is 10.8 Å². The third-order valence-corrected chi connectivity index (χ3v) is 4.48. The Morgan fingerprint density at radius 1 is 1.05 bits per heavy atom. The van der Waals surface area contributed by atoms with E-state index in [1.807, 2.05) is 35.2 Å². The molecule has 1 amide bonds. The van der Waals surface area contributed by atoms with Gasteiger partial charge < -0.3 is 9.80 Å². The molecule has 3 nitrogen and oxygen atoms in total. The van der Waals surface area contributed by atoms with Gasteiger partial charge in [-0.1, -0.05) is 30.3 Å². The molecule has 3 rings (SSSR count). The molecule has 3 heteroatoms. The molecule has 1 saturated heterocycles. The SMILES string of the molecule is CN(C)C1CCN(C(=O)c2ccc3ccccc3c2)CC1. The van der Waals surface area contributed by atoms with E-state index in [4.69, 9.17) is 0 Å².